The van der Waals surface area contributed by atoms with E-state index < -0.39 is 0 Å². The van der Waals surface area contributed by atoms with Gasteiger partial charge >= 0.3 is 0 Å². The maximum Gasteiger partial charge on any atom is 0.115 e. The number of aryl methyl sites for hydroxylation is 2. The van der Waals surface area contributed by atoms with E-state index in [4.69, 9.17) is 16.6 Å². The van der Waals surface area contributed by atoms with E-state index in [9.17, 15) is 0 Å². The van der Waals surface area contributed by atoms with E-state index >= 15 is 0 Å². The Bertz CT molecular complexity index is 573. The van der Waals surface area contributed by atoms with E-state index in [2.05, 4.69) is 55.0 Å². The molecule has 0 bridgehead atoms. The van der Waals surface area contributed by atoms with Crippen molar-refractivity contribution in [2.75, 3.05) is 0 Å². The van der Waals surface area contributed by atoms with Crippen molar-refractivity contribution < 1.29 is 0 Å². The number of halogens is 2. The zero-order valence-electron chi connectivity index (χ0n) is 12.0. The summed E-state index contributed by atoms with van der Waals surface area (Å²) in [5.41, 5.74) is 1.20. The van der Waals surface area contributed by atoms with Gasteiger partial charge in [0.25, 0.3) is 0 Å². The number of hydrogen-bond acceptors (Lipinski definition) is 4. The molecule has 6 heteroatoms. The summed E-state index contributed by atoms with van der Waals surface area (Å²) in [5, 5.41) is 4.72. The van der Waals surface area contributed by atoms with E-state index in [1.807, 2.05) is 0 Å². The Kier molecular flexibility index (Phi) is 5.65. The molecule has 1 unspecified atom stereocenters. The number of nitrogens with zero attached hydrogens (tertiary/aromatic N) is 1. The average molecular weight is 394 g/mol. The second-order valence-electron chi connectivity index (χ2n) is 4.93. The Morgan fingerprint density at radius 3 is 2.55 bits per heavy atom. The molecule has 0 saturated carbocycles. The van der Waals surface area contributed by atoms with Gasteiger partial charge in [-0.25, -0.2) is 4.98 Å². The largest absolute Gasteiger partial charge is 0.301 e. The van der Waals surface area contributed by atoms with Crippen molar-refractivity contribution in [1.29, 1.82) is 0 Å². The molecule has 0 radical (unpaired) electrons. The van der Waals surface area contributed by atoms with Crippen LogP contribution >= 0.6 is 50.2 Å². The molecule has 0 fully saturated rings. The number of nitrogens with one attached hydrogen (secondary N) is 1. The van der Waals surface area contributed by atoms with Crippen LogP contribution in [0, 0.1) is 6.92 Å². The van der Waals surface area contributed by atoms with Crippen molar-refractivity contribution in [3.63, 3.8) is 0 Å². The molecule has 1 N–H and O–H groups in total. The van der Waals surface area contributed by atoms with Crippen molar-refractivity contribution in [3.8, 4) is 0 Å². The third kappa shape index (κ3) is 3.63. The highest BCUT2D eigenvalue weighted by atomic mass is 79.9. The highest BCUT2D eigenvalue weighted by Gasteiger charge is 2.22. The molecule has 2 heterocycles. The van der Waals surface area contributed by atoms with Crippen LogP contribution in [0.15, 0.2) is 10.5 Å². The molecule has 2 aromatic heterocycles. The maximum absolute atomic E-state index is 6.19. The summed E-state index contributed by atoms with van der Waals surface area (Å²) in [6, 6.07) is 2.59. The Labute approximate surface area is 141 Å². The average Bonchev–Trinajstić information content (AvgIpc) is 2.90. The van der Waals surface area contributed by atoms with Crippen LogP contribution in [0.4, 0.5) is 0 Å². The Morgan fingerprint density at radius 1 is 1.40 bits per heavy atom. The predicted molar refractivity (Wildman–Crippen MR) is 93.4 cm³/mol. The number of aromatic nitrogens is 1. The first-order valence-corrected chi connectivity index (χ1v) is 9.39. The monoisotopic (exact) mass is 392 g/mol. The third-order valence-electron chi connectivity index (χ3n) is 2.94. The van der Waals surface area contributed by atoms with Crippen molar-refractivity contribution in [2.45, 2.75) is 46.2 Å². The smallest absolute Gasteiger partial charge is 0.115 e. The first kappa shape index (κ1) is 16.4. The summed E-state index contributed by atoms with van der Waals surface area (Å²) in [5.74, 6) is 0. The highest BCUT2D eigenvalue weighted by molar-refractivity contribution is 9.10. The van der Waals surface area contributed by atoms with Gasteiger partial charge in [-0.2, -0.15) is 0 Å². The van der Waals surface area contributed by atoms with Crippen LogP contribution in [0.25, 0.3) is 0 Å². The zero-order chi connectivity index (χ0) is 14.9. The van der Waals surface area contributed by atoms with Gasteiger partial charge in [0, 0.05) is 20.3 Å². The Morgan fingerprint density at radius 2 is 2.10 bits per heavy atom. The fraction of sp³-hybridized carbons (Fsp3) is 0.500. The fourth-order valence-electron chi connectivity index (χ4n) is 2.02. The molecule has 2 aromatic rings. The topological polar surface area (TPSA) is 24.9 Å². The standard InChI is InChI=1S/C14H18BrClN2S2/c1-5-10-8(4)19-14(18-10)12(17-7(2)3)11-6-9(15)13(16)20-11/h6-7,12,17H,5H2,1-4H3. The molecule has 2 rings (SSSR count). The number of rotatable bonds is 5. The Balaban J connectivity index is 2.40. The van der Waals surface area contributed by atoms with Crippen molar-refractivity contribution >= 4 is 50.2 Å². The minimum absolute atomic E-state index is 0.118. The molecule has 1 atom stereocenters. The van der Waals surface area contributed by atoms with E-state index in [1.54, 1.807) is 22.7 Å². The minimum atomic E-state index is 0.118. The SMILES string of the molecule is CCc1nc(C(NC(C)C)c2cc(Br)c(Cl)s2)sc1C. The lowest BCUT2D eigenvalue weighted by atomic mass is 10.2. The number of thiazole rings is 1. The molecule has 2 nitrogen and oxygen atoms in total. The van der Waals surface area contributed by atoms with E-state index in [1.165, 1.54) is 15.4 Å². The van der Waals surface area contributed by atoms with Gasteiger partial charge in [0.05, 0.1) is 11.7 Å². The quantitative estimate of drug-likeness (QED) is 0.717. The van der Waals surface area contributed by atoms with Gasteiger partial charge < -0.3 is 5.32 Å². The third-order valence-corrected chi connectivity index (χ3v) is 6.56. The van der Waals surface area contributed by atoms with Crippen molar-refractivity contribution in [1.82, 2.24) is 10.3 Å². The van der Waals surface area contributed by atoms with Gasteiger partial charge in [-0.1, -0.05) is 18.5 Å². The van der Waals surface area contributed by atoms with Crippen LogP contribution in [-0.4, -0.2) is 11.0 Å². The molecule has 0 aliphatic heterocycles. The first-order valence-electron chi connectivity index (χ1n) is 6.59. The normalized spacial score (nSPS) is 13.2. The lowest BCUT2D eigenvalue weighted by Crippen LogP contribution is -2.28. The van der Waals surface area contributed by atoms with Crippen molar-refractivity contribution in [3.05, 3.63) is 35.3 Å². The molecule has 0 aliphatic rings. The lowest BCUT2D eigenvalue weighted by Gasteiger charge is -2.17. The summed E-state index contributed by atoms with van der Waals surface area (Å²) in [6.07, 6.45) is 0.978. The first-order chi connectivity index (χ1) is 9.42. The van der Waals surface area contributed by atoms with Gasteiger partial charge in [0.15, 0.2) is 0 Å². The van der Waals surface area contributed by atoms with E-state index in [0.717, 1.165) is 20.2 Å². The molecule has 0 amide bonds. The molecule has 110 valence electrons. The van der Waals surface area contributed by atoms with Gasteiger partial charge in [0.2, 0.25) is 0 Å². The fourth-order valence-corrected chi connectivity index (χ4v) is 4.98. The summed E-state index contributed by atoms with van der Waals surface area (Å²) in [7, 11) is 0. The highest BCUT2D eigenvalue weighted by Crippen LogP contribution is 2.39. The van der Waals surface area contributed by atoms with E-state index in [0.29, 0.717) is 6.04 Å². The molecular formula is C14H18BrClN2S2. The predicted octanol–water partition coefficient (Wildman–Crippen LogP) is 5.58. The molecule has 0 spiro atoms. The van der Waals surface area contributed by atoms with Gasteiger partial charge in [0.1, 0.15) is 9.34 Å². The van der Waals surface area contributed by atoms with Gasteiger partial charge in [-0.15, -0.1) is 22.7 Å². The van der Waals surface area contributed by atoms with E-state index in [-0.39, 0.29) is 6.04 Å². The van der Waals surface area contributed by atoms with Crippen LogP contribution in [0.3, 0.4) is 0 Å². The molecule has 0 aliphatic carbocycles. The summed E-state index contributed by atoms with van der Waals surface area (Å²) in [4.78, 5) is 7.31. The molecule has 0 saturated heterocycles. The van der Waals surface area contributed by atoms with Gasteiger partial charge in [-0.05, 0) is 49.2 Å². The minimum Gasteiger partial charge on any atom is -0.301 e. The molecule has 20 heavy (non-hydrogen) atoms. The summed E-state index contributed by atoms with van der Waals surface area (Å²) in [6.45, 7) is 8.59. The van der Waals surface area contributed by atoms with Crippen LogP contribution in [-0.2, 0) is 6.42 Å². The van der Waals surface area contributed by atoms with Gasteiger partial charge in [-0.3, -0.25) is 0 Å². The zero-order valence-corrected chi connectivity index (χ0v) is 15.9. The second kappa shape index (κ2) is 6.88. The van der Waals surface area contributed by atoms with Crippen LogP contribution in [0.1, 0.15) is 47.3 Å². The molecule has 0 aromatic carbocycles. The summed E-state index contributed by atoms with van der Waals surface area (Å²) < 4.78 is 1.75. The van der Waals surface area contributed by atoms with Crippen LogP contribution in [0.2, 0.25) is 4.34 Å². The summed E-state index contributed by atoms with van der Waals surface area (Å²) >= 11 is 13.1. The lowest BCUT2D eigenvalue weighted by molar-refractivity contribution is 0.531. The Hall–Kier alpha value is 0.0600. The van der Waals surface area contributed by atoms with Crippen LogP contribution < -0.4 is 5.32 Å². The van der Waals surface area contributed by atoms with Crippen molar-refractivity contribution in [2.24, 2.45) is 0 Å². The number of thiophene rings is 1. The second-order valence-corrected chi connectivity index (χ2v) is 8.71. The van der Waals surface area contributed by atoms with Crippen LogP contribution in [0.5, 0.6) is 0 Å². The maximum atomic E-state index is 6.19. The number of hydrogen-bond donors (Lipinski definition) is 1. The molecular weight excluding hydrogens is 376 g/mol.